The number of unbranched alkanes of at least 4 members (excludes halogenated alkanes) is 1. The minimum Gasteiger partial charge on any atom is -0.508 e. The molecule has 2 rings (SSSR count). The summed E-state index contributed by atoms with van der Waals surface area (Å²) in [5.41, 5.74) is 0.933. The SMILES string of the molecule is CCCCOCC(Oc1ccc(O)cc1)c1ccc(O)cc1. The number of phenols is 2. The number of benzene rings is 2. The van der Waals surface area contributed by atoms with Gasteiger partial charge in [-0.15, -0.1) is 0 Å². The van der Waals surface area contributed by atoms with Crippen LogP contribution in [0.5, 0.6) is 17.2 Å². The molecule has 118 valence electrons. The molecule has 0 bridgehead atoms. The lowest BCUT2D eigenvalue weighted by molar-refractivity contribution is 0.0481. The van der Waals surface area contributed by atoms with E-state index in [1.807, 2.05) is 12.1 Å². The van der Waals surface area contributed by atoms with Gasteiger partial charge in [-0.2, -0.15) is 0 Å². The summed E-state index contributed by atoms with van der Waals surface area (Å²) in [6, 6.07) is 13.5. The van der Waals surface area contributed by atoms with E-state index in [0.717, 1.165) is 18.4 Å². The maximum Gasteiger partial charge on any atom is 0.147 e. The third-order valence-corrected chi connectivity index (χ3v) is 3.29. The van der Waals surface area contributed by atoms with Crippen LogP contribution in [0.2, 0.25) is 0 Å². The molecule has 2 N–H and O–H groups in total. The zero-order chi connectivity index (χ0) is 15.8. The van der Waals surface area contributed by atoms with Gasteiger partial charge in [0.1, 0.15) is 23.4 Å². The van der Waals surface area contributed by atoms with Gasteiger partial charge in [0.05, 0.1) is 6.61 Å². The molecule has 0 saturated heterocycles. The predicted molar refractivity (Wildman–Crippen MR) is 85.3 cm³/mol. The molecule has 1 atom stereocenters. The van der Waals surface area contributed by atoms with E-state index in [-0.39, 0.29) is 17.6 Å². The fraction of sp³-hybridized carbons (Fsp3) is 0.333. The predicted octanol–water partition coefficient (Wildman–Crippen LogP) is 4.03. The van der Waals surface area contributed by atoms with Crippen molar-refractivity contribution in [3.8, 4) is 17.2 Å². The zero-order valence-corrected chi connectivity index (χ0v) is 12.7. The van der Waals surface area contributed by atoms with Crippen LogP contribution in [0.25, 0.3) is 0 Å². The first-order valence-electron chi connectivity index (χ1n) is 7.51. The van der Waals surface area contributed by atoms with Gasteiger partial charge in [-0.05, 0) is 48.4 Å². The molecule has 0 aliphatic heterocycles. The Balaban J connectivity index is 2.06. The highest BCUT2D eigenvalue weighted by Crippen LogP contribution is 2.25. The Hall–Kier alpha value is -2.20. The maximum absolute atomic E-state index is 9.40. The summed E-state index contributed by atoms with van der Waals surface area (Å²) in [4.78, 5) is 0. The molecular formula is C18H22O4. The lowest BCUT2D eigenvalue weighted by atomic mass is 10.1. The van der Waals surface area contributed by atoms with Gasteiger partial charge in [-0.1, -0.05) is 25.5 Å². The first-order chi connectivity index (χ1) is 10.7. The summed E-state index contributed by atoms with van der Waals surface area (Å²) in [5.74, 6) is 1.08. The van der Waals surface area contributed by atoms with Crippen molar-refractivity contribution < 1.29 is 19.7 Å². The molecule has 0 aliphatic carbocycles. The van der Waals surface area contributed by atoms with Gasteiger partial charge in [0.2, 0.25) is 0 Å². The second-order valence-electron chi connectivity index (χ2n) is 5.12. The van der Waals surface area contributed by atoms with Crippen molar-refractivity contribution in [3.05, 3.63) is 54.1 Å². The van der Waals surface area contributed by atoms with Gasteiger partial charge < -0.3 is 19.7 Å². The van der Waals surface area contributed by atoms with Crippen LogP contribution in [0, 0.1) is 0 Å². The van der Waals surface area contributed by atoms with Gasteiger partial charge >= 0.3 is 0 Å². The standard InChI is InChI=1S/C18H22O4/c1-2-3-12-21-13-18(14-4-6-15(19)7-5-14)22-17-10-8-16(20)9-11-17/h4-11,18-20H,2-3,12-13H2,1H3. The van der Waals surface area contributed by atoms with Crippen molar-refractivity contribution >= 4 is 0 Å². The van der Waals surface area contributed by atoms with E-state index in [1.54, 1.807) is 36.4 Å². The summed E-state index contributed by atoms with van der Waals surface area (Å²) in [5, 5.41) is 18.7. The third kappa shape index (κ3) is 4.97. The molecule has 2 aromatic rings. The highest BCUT2D eigenvalue weighted by atomic mass is 16.5. The summed E-state index contributed by atoms with van der Waals surface area (Å²) in [6.07, 6.45) is 1.84. The summed E-state index contributed by atoms with van der Waals surface area (Å²) < 4.78 is 11.6. The minimum absolute atomic E-state index is 0.202. The van der Waals surface area contributed by atoms with E-state index >= 15 is 0 Å². The quantitative estimate of drug-likeness (QED) is 0.723. The molecule has 4 nitrogen and oxygen atoms in total. The van der Waals surface area contributed by atoms with Crippen molar-refractivity contribution in [3.63, 3.8) is 0 Å². The topological polar surface area (TPSA) is 58.9 Å². The van der Waals surface area contributed by atoms with E-state index < -0.39 is 0 Å². The molecule has 0 radical (unpaired) electrons. The van der Waals surface area contributed by atoms with E-state index in [2.05, 4.69) is 6.92 Å². The maximum atomic E-state index is 9.40. The third-order valence-electron chi connectivity index (χ3n) is 3.29. The van der Waals surface area contributed by atoms with E-state index in [1.165, 1.54) is 0 Å². The molecular weight excluding hydrogens is 280 g/mol. The second kappa shape index (κ2) is 8.29. The Bertz CT molecular complexity index is 548. The number of rotatable bonds is 8. The molecule has 0 heterocycles. The second-order valence-corrected chi connectivity index (χ2v) is 5.12. The van der Waals surface area contributed by atoms with Crippen LogP contribution in [-0.4, -0.2) is 23.4 Å². The van der Waals surface area contributed by atoms with Gasteiger partial charge in [0, 0.05) is 6.61 Å². The van der Waals surface area contributed by atoms with E-state index in [0.29, 0.717) is 19.0 Å². The van der Waals surface area contributed by atoms with Crippen LogP contribution in [0.3, 0.4) is 0 Å². The number of hydrogen-bond donors (Lipinski definition) is 2. The van der Waals surface area contributed by atoms with Crippen molar-refractivity contribution in [2.24, 2.45) is 0 Å². The molecule has 1 unspecified atom stereocenters. The zero-order valence-electron chi connectivity index (χ0n) is 12.7. The fourth-order valence-electron chi connectivity index (χ4n) is 2.01. The van der Waals surface area contributed by atoms with Gasteiger partial charge in [0.25, 0.3) is 0 Å². The molecule has 0 saturated carbocycles. The van der Waals surface area contributed by atoms with Crippen LogP contribution in [-0.2, 0) is 4.74 Å². The first-order valence-corrected chi connectivity index (χ1v) is 7.51. The molecule has 22 heavy (non-hydrogen) atoms. The number of phenolic OH excluding ortho intramolecular Hbond substituents is 2. The number of ether oxygens (including phenoxy) is 2. The highest BCUT2D eigenvalue weighted by Gasteiger charge is 2.14. The lowest BCUT2D eigenvalue weighted by Crippen LogP contribution is -2.15. The van der Waals surface area contributed by atoms with Crippen molar-refractivity contribution in [1.29, 1.82) is 0 Å². The summed E-state index contributed by atoms with van der Waals surface area (Å²) in [7, 11) is 0. The van der Waals surface area contributed by atoms with Gasteiger partial charge in [-0.3, -0.25) is 0 Å². The molecule has 0 fully saturated rings. The van der Waals surface area contributed by atoms with E-state index in [9.17, 15) is 10.2 Å². The van der Waals surface area contributed by atoms with E-state index in [4.69, 9.17) is 9.47 Å². The van der Waals surface area contributed by atoms with Crippen LogP contribution < -0.4 is 4.74 Å². The molecule has 0 amide bonds. The number of hydrogen-bond acceptors (Lipinski definition) is 4. The molecule has 2 aromatic carbocycles. The average molecular weight is 302 g/mol. The van der Waals surface area contributed by atoms with Crippen LogP contribution in [0.1, 0.15) is 31.4 Å². The van der Waals surface area contributed by atoms with Gasteiger partial charge in [-0.25, -0.2) is 0 Å². The lowest BCUT2D eigenvalue weighted by Gasteiger charge is -2.20. The number of aromatic hydroxyl groups is 2. The summed E-state index contributed by atoms with van der Waals surface area (Å²) >= 11 is 0. The molecule has 4 heteroatoms. The summed E-state index contributed by atoms with van der Waals surface area (Å²) in [6.45, 7) is 3.25. The Morgan fingerprint density at radius 2 is 1.50 bits per heavy atom. The van der Waals surface area contributed by atoms with Crippen molar-refractivity contribution in [1.82, 2.24) is 0 Å². The normalized spacial score (nSPS) is 12.0. The van der Waals surface area contributed by atoms with Crippen LogP contribution >= 0.6 is 0 Å². The minimum atomic E-state index is -0.262. The van der Waals surface area contributed by atoms with Gasteiger partial charge in [0.15, 0.2) is 0 Å². The smallest absolute Gasteiger partial charge is 0.147 e. The molecule has 0 aromatic heterocycles. The van der Waals surface area contributed by atoms with Crippen molar-refractivity contribution in [2.45, 2.75) is 25.9 Å². The Labute approximate surface area is 130 Å². The molecule has 0 spiro atoms. The average Bonchev–Trinajstić information content (AvgIpc) is 2.53. The van der Waals surface area contributed by atoms with Crippen LogP contribution in [0.4, 0.5) is 0 Å². The first kappa shape index (κ1) is 16.2. The highest BCUT2D eigenvalue weighted by molar-refractivity contribution is 5.32. The Morgan fingerprint density at radius 3 is 2.09 bits per heavy atom. The fourth-order valence-corrected chi connectivity index (χ4v) is 2.01. The monoisotopic (exact) mass is 302 g/mol. The Morgan fingerprint density at radius 1 is 0.909 bits per heavy atom. The van der Waals surface area contributed by atoms with Crippen LogP contribution in [0.15, 0.2) is 48.5 Å². The molecule has 0 aliphatic rings. The Kier molecular flexibility index (Phi) is 6.10. The largest absolute Gasteiger partial charge is 0.508 e. The van der Waals surface area contributed by atoms with Crippen molar-refractivity contribution in [2.75, 3.05) is 13.2 Å².